The number of benzene rings is 1. The predicted octanol–water partition coefficient (Wildman–Crippen LogP) is 2.91. The van der Waals surface area contributed by atoms with E-state index in [-0.39, 0.29) is 36.1 Å². The van der Waals surface area contributed by atoms with Gasteiger partial charge in [0.05, 0.1) is 30.0 Å². The van der Waals surface area contributed by atoms with E-state index in [1.54, 1.807) is 6.07 Å². The molecule has 3 N–H and O–H groups in total. The number of nitrogens with one attached hydrogen (secondary N) is 2. The van der Waals surface area contributed by atoms with Crippen LogP contribution in [0.2, 0.25) is 0 Å². The average molecular weight is 523 g/mol. The number of anilines is 2. The summed E-state index contributed by atoms with van der Waals surface area (Å²) in [5.41, 5.74) is -1.74. The molecule has 4 heterocycles. The van der Waals surface area contributed by atoms with Gasteiger partial charge in [0, 0.05) is 22.8 Å². The summed E-state index contributed by atoms with van der Waals surface area (Å²) in [6, 6.07) is 4.12. The van der Waals surface area contributed by atoms with Gasteiger partial charge in [-0.1, -0.05) is 22.4 Å². The molecule has 1 aromatic heterocycles. The van der Waals surface area contributed by atoms with Crippen LogP contribution in [0.1, 0.15) is 41.7 Å². The van der Waals surface area contributed by atoms with E-state index in [1.807, 2.05) is 0 Å². The van der Waals surface area contributed by atoms with Gasteiger partial charge in [-0.05, 0) is 50.4 Å². The SMILES string of the molecule is O=C(c1c(Nc2ccc(Br)cc2F)c(F)c(=O)n2c1CCC2)N1CC(O)(C2CCCCN2)C1. The van der Waals surface area contributed by atoms with Crippen molar-refractivity contribution in [2.45, 2.75) is 50.3 Å². The molecule has 0 radical (unpaired) electrons. The monoisotopic (exact) mass is 522 g/mol. The molecule has 0 bridgehead atoms. The van der Waals surface area contributed by atoms with E-state index < -0.39 is 28.7 Å². The van der Waals surface area contributed by atoms with Crippen molar-refractivity contribution >= 4 is 33.2 Å². The fourth-order valence-corrected chi connectivity index (χ4v) is 5.49. The van der Waals surface area contributed by atoms with Gasteiger partial charge in [0.2, 0.25) is 5.82 Å². The zero-order chi connectivity index (χ0) is 23.3. The Morgan fingerprint density at radius 2 is 2.03 bits per heavy atom. The first-order chi connectivity index (χ1) is 15.8. The molecule has 2 aromatic rings. The summed E-state index contributed by atoms with van der Waals surface area (Å²) < 4.78 is 31.5. The Balaban J connectivity index is 1.50. The van der Waals surface area contributed by atoms with Crippen LogP contribution >= 0.6 is 15.9 Å². The van der Waals surface area contributed by atoms with Crippen LogP contribution in [0.5, 0.6) is 0 Å². The van der Waals surface area contributed by atoms with Crippen molar-refractivity contribution in [1.82, 2.24) is 14.8 Å². The van der Waals surface area contributed by atoms with Gasteiger partial charge in [0.25, 0.3) is 11.5 Å². The van der Waals surface area contributed by atoms with Crippen LogP contribution < -0.4 is 16.2 Å². The quantitative estimate of drug-likeness (QED) is 0.574. The highest BCUT2D eigenvalue weighted by atomic mass is 79.9. The number of pyridine rings is 1. The molecular formula is C23H25BrF2N4O3. The third-order valence-corrected chi connectivity index (χ3v) is 7.39. The standard InChI is InChI=1S/C23H25BrF2N4O3/c24-13-6-7-15(14(25)10-13)28-20-18(16-4-3-9-30(16)22(32)19(20)26)21(31)29-11-23(33,12-29)17-5-1-2-8-27-17/h6-7,10,17,27-28,33H,1-5,8-9,11-12H2. The van der Waals surface area contributed by atoms with Gasteiger partial charge in [-0.2, -0.15) is 4.39 Å². The van der Waals surface area contributed by atoms with Crippen molar-refractivity contribution in [2.24, 2.45) is 0 Å². The second-order valence-corrected chi connectivity index (χ2v) is 10.0. The smallest absolute Gasteiger partial charge is 0.289 e. The van der Waals surface area contributed by atoms with Gasteiger partial charge >= 0.3 is 0 Å². The Kier molecular flexibility index (Phi) is 5.78. The van der Waals surface area contributed by atoms with Crippen molar-refractivity contribution in [3.05, 3.63) is 55.9 Å². The molecule has 10 heteroatoms. The van der Waals surface area contributed by atoms with E-state index in [1.165, 1.54) is 21.6 Å². The Morgan fingerprint density at radius 1 is 1.24 bits per heavy atom. The predicted molar refractivity (Wildman–Crippen MR) is 123 cm³/mol. The number of halogens is 3. The fraction of sp³-hybridized carbons (Fsp3) is 0.478. The maximum atomic E-state index is 15.2. The number of piperidine rings is 1. The summed E-state index contributed by atoms with van der Waals surface area (Å²) in [6.07, 6.45) is 3.96. The number of hydrogen-bond donors (Lipinski definition) is 3. The first-order valence-corrected chi connectivity index (χ1v) is 12.0. The van der Waals surface area contributed by atoms with Crippen LogP contribution in [0.4, 0.5) is 20.2 Å². The highest BCUT2D eigenvalue weighted by Gasteiger charge is 2.50. The minimum atomic E-state index is -1.11. The summed E-state index contributed by atoms with van der Waals surface area (Å²) in [7, 11) is 0. The molecule has 1 unspecified atom stereocenters. The highest BCUT2D eigenvalue weighted by molar-refractivity contribution is 9.10. The molecule has 0 saturated carbocycles. The van der Waals surface area contributed by atoms with Crippen molar-refractivity contribution < 1.29 is 18.7 Å². The lowest BCUT2D eigenvalue weighted by molar-refractivity contribution is -0.108. The molecule has 1 atom stereocenters. The van der Waals surface area contributed by atoms with E-state index in [0.717, 1.165) is 25.8 Å². The van der Waals surface area contributed by atoms with E-state index in [4.69, 9.17) is 0 Å². The number of carbonyl (C=O) groups excluding carboxylic acids is 1. The van der Waals surface area contributed by atoms with Crippen LogP contribution in [0.15, 0.2) is 27.5 Å². The largest absolute Gasteiger partial charge is 0.385 e. The molecule has 176 valence electrons. The normalized spacial score (nSPS) is 21.5. The molecular weight excluding hydrogens is 498 g/mol. The molecule has 1 aromatic carbocycles. The molecule has 3 aliphatic heterocycles. The highest BCUT2D eigenvalue weighted by Crippen LogP contribution is 2.35. The number of likely N-dealkylation sites (tertiary alicyclic amines) is 1. The minimum absolute atomic E-state index is 0.0329. The molecule has 5 rings (SSSR count). The number of carbonyl (C=O) groups is 1. The van der Waals surface area contributed by atoms with Gasteiger partial charge in [-0.3, -0.25) is 9.59 Å². The van der Waals surface area contributed by atoms with Crippen molar-refractivity contribution in [3.63, 3.8) is 0 Å². The lowest BCUT2D eigenvalue weighted by Crippen LogP contribution is -2.72. The number of hydrogen-bond acceptors (Lipinski definition) is 5. The van der Waals surface area contributed by atoms with E-state index in [2.05, 4.69) is 26.6 Å². The number of nitrogens with zero attached hydrogens (tertiary/aromatic N) is 2. The third-order valence-electron chi connectivity index (χ3n) is 6.89. The Bertz CT molecular complexity index is 1170. The molecule has 33 heavy (non-hydrogen) atoms. The van der Waals surface area contributed by atoms with Crippen LogP contribution in [-0.2, 0) is 13.0 Å². The number of β-amino-alcohol motifs (C(OH)–C–C–N with tert-alkyl or cyclic N) is 1. The number of aliphatic hydroxyl groups is 1. The van der Waals surface area contributed by atoms with Crippen LogP contribution in [-0.4, -0.2) is 51.8 Å². The topological polar surface area (TPSA) is 86.6 Å². The van der Waals surface area contributed by atoms with Gasteiger partial charge < -0.3 is 25.2 Å². The molecule has 7 nitrogen and oxygen atoms in total. The minimum Gasteiger partial charge on any atom is -0.385 e. The maximum absolute atomic E-state index is 15.2. The molecule has 2 saturated heterocycles. The molecule has 0 spiro atoms. The van der Waals surface area contributed by atoms with Gasteiger partial charge in [0.1, 0.15) is 11.4 Å². The third kappa shape index (κ3) is 3.87. The lowest BCUT2D eigenvalue weighted by atomic mass is 9.81. The van der Waals surface area contributed by atoms with Crippen LogP contribution in [0.3, 0.4) is 0 Å². The Hall–Kier alpha value is -2.30. The molecule has 0 aliphatic carbocycles. The Morgan fingerprint density at radius 3 is 2.73 bits per heavy atom. The maximum Gasteiger partial charge on any atom is 0.289 e. The summed E-state index contributed by atoms with van der Waals surface area (Å²) in [4.78, 5) is 27.6. The van der Waals surface area contributed by atoms with Crippen molar-refractivity contribution in [3.8, 4) is 0 Å². The Labute approximate surface area is 197 Å². The summed E-state index contributed by atoms with van der Waals surface area (Å²) in [6.45, 7) is 1.40. The van der Waals surface area contributed by atoms with Crippen LogP contribution in [0.25, 0.3) is 0 Å². The molecule has 2 fully saturated rings. The van der Waals surface area contributed by atoms with E-state index in [0.29, 0.717) is 29.6 Å². The van der Waals surface area contributed by atoms with E-state index >= 15 is 4.39 Å². The second kappa shape index (κ2) is 8.48. The zero-order valence-corrected chi connectivity index (χ0v) is 19.6. The summed E-state index contributed by atoms with van der Waals surface area (Å²) in [5.74, 6) is -2.24. The van der Waals surface area contributed by atoms with Gasteiger partial charge in [0.15, 0.2) is 0 Å². The number of rotatable bonds is 4. The number of fused-ring (bicyclic) bond motifs is 1. The van der Waals surface area contributed by atoms with Crippen molar-refractivity contribution in [2.75, 3.05) is 25.0 Å². The average Bonchev–Trinajstić information content (AvgIpc) is 3.27. The first-order valence-electron chi connectivity index (χ1n) is 11.2. The van der Waals surface area contributed by atoms with Crippen molar-refractivity contribution in [1.29, 1.82) is 0 Å². The number of amides is 1. The zero-order valence-electron chi connectivity index (χ0n) is 18.0. The van der Waals surface area contributed by atoms with Gasteiger partial charge in [-0.15, -0.1) is 0 Å². The first kappa shape index (κ1) is 22.5. The molecule has 1 amide bonds. The van der Waals surface area contributed by atoms with Crippen LogP contribution in [0, 0.1) is 11.6 Å². The second-order valence-electron chi connectivity index (χ2n) is 9.09. The fourth-order valence-electron chi connectivity index (χ4n) is 5.16. The van der Waals surface area contributed by atoms with Gasteiger partial charge in [-0.25, -0.2) is 4.39 Å². The summed E-state index contributed by atoms with van der Waals surface area (Å²) >= 11 is 3.18. The number of aromatic nitrogens is 1. The molecule has 3 aliphatic rings. The summed E-state index contributed by atoms with van der Waals surface area (Å²) in [5, 5.41) is 17.0. The van der Waals surface area contributed by atoms with E-state index in [9.17, 15) is 19.1 Å². The lowest BCUT2D eigenvalue weighted by Gasteiger charge is -2.51.